The third-order valence-corrected chi connectivity index (χ3v) is 2.79. The number of hydrogen-bond donors (Lipinski definition) is 0. The summed E-state index contributed by atoms with van der Waals surface area (Å²) in [5.74, 6) is -2.20. The molecular formula is C16H20F3NO2. The summed E-state index contributed by atoms with van der Waals surface area (Å²) in [6, 6.07) is 6.67. The summed E-state index contributed by atoms with van der Waals surface area (Å²) in [5.41, 5.74) is -0.290. The first kappa shape index (κ1) is 18.2. The fourth-order valence-electron chi connectivity index (χ4n) is 1.59. The molecule has 0 heterocycles. The average Bonchev–Trinajstić information content (AvgIpc) is 2.34. The van der Waals surface area contributed by atoms with Crippen LogP contribution in [0.4, 0.5) is 13.2 Å². The lowest BCUT2D eigenvalue weighted by atomic mass is 9.97. The second-order valence-electron chi connectivity index (χ2n) is 6.45. The molecule has 0 aliphatic heterocycles. The van der Waals surface area contributed by atoms with E-state index in [9.17, 15) is 18.0 Å². The Morgan fingerprint density at radius 2 is 1.55 bits per heavy atom. The molecule has 0 saturated carbocycles. The Bertz CT molecular complexity index is 552. The second kappa shape index (κ2) is 6.10. The lowest BCUT2D eigenvalue weighted by Crippen LogP contribution is -2.34. The van der Waals surface area contributed by atoms with E-state index in [-0.39, 0.29) is 5.54 Å². The van der Waals surface area contributed by atoms with Gasteiger partial charge in [-0.05, 0) is 45.7 Å². The number of carbonyl (C=O) groups excluding carboxylic acids is 1. The highest BCUT2D eigenvalue weighted by molar-refractivity contribution is 5.80. The van der Waals surface area contributed by atoms with E-state index in [1.54, 1.807) is 30.5 Å². The van der Waals surface area contributed by atoms with Gasteiger partial charge in [0, 0.05) is 6.21 Å². The molecule has 3 nitrogen and oxygen atoms in total. The lowest BCUT2D eigenvalue weighted by Gasteiger charge is -2.26. The fraction of sp³-hybridized carbons (Fsp3) is 0.500. The van der Waals surface area contributed by atoms with Crippen molar-refractivity contribution in [1.29, 1.82) is 0 Å². The Morgan fingerprint density at radius 1 is 1.05 bits per heavy atom. The fourth-order valence-corrected chi connectivity index (χ4v) is 1.59. The highest BCUT2D eigenvalue weighted by Gasteiger charge is 2.44. The van der Waals surface area contributed by atoms with Gasteiger partial charge in [-0.3, -0.25) is 4.99 Å². The summed E-state index contributed by atoms with van der Waals surface area (Å²) in [6.45, 7) is 8.69. The molecule has 0 aliphatic rings. The molecule has 0 fully saturated rings. The third kappa shape index (κ3) is 5.50. The van der Waals surface area contributed by atoms with E-state index >= 15 is 0 Å². The van der Waals surface area contributed by atoms with E-state index in [0.29, 0.717) is 5.56 Å². The number of ether oxygens (including phenoxy) is 1. The third-order valence-electron chi connectivity index (χ3n) is 2.79. The van der Waals surface area contributed by atoms with E-state index in [1.807, 2.05) is 20.8 Å². The molecule has 0 unspecified atom stereocenters. The largest absolute Gasteiger partial charge is 0.490 e. The predicted molar refractivity (Wildman–Crippen MR) is 79.0 cm³/mol. The van der Waals surface area contributed by atoms with Crippen LogP contribution >= 0.6 is 0 Å². The number of rotatable bonds is 3. The zero-order valence-corrected chi connectivity index (χ0v) is 13.3. The van der Waals surface area contributed by atoms with Gasteiger partial charge in [0.05, 0.1) is 5.54 Å². The molecule has 0 aromatic heterocycles. The number of carbonyl (C=O) groups is 1. The van der Waals surface area contributed by atoms with E-state index in [2.05, 4.69) is 9.73 Å². The molecule has 1 rings (SSSR count). The van der Waals surface area contributed by atoms with Crippen LogP contribution in [0.2, 0.25) is 0 Å². The van der Waals surface area contributed by atoms with Crippen LogP contribution < -0.4 is 0 Å². The maximum Gasteiger partial charge on any atom is 0.490 e. The minimum absolute atomic E-state index is 0.208. The number of hydrogen-bond acceptors (Lipinski definition) is 3. The van der Waals surface area contributed by atoms with Crippen LogP contribution in [-0.4, -0.2) is 23.9 Å². The van der Waals surface area contributed by atoms with Gasteiger partial charge in [0.1, 0.15) is 5.60 Å². The van der Waals surface area contributed by atoms with Crippen molar-refractivity contribution in [2.24, 2.45) is 4.99 Å². The van der Waals surface area contributed by atoms with Crippen molar-refractivity contribution in [3.63, 3.8) is 0 Å². The van der Waals surface area contributed by atoms with Gasteiger partial charge in [0.25, 0.3) is 0 Å². The van der Waals surface area contributed by atoms with Crippen molar-refractivity contribution in [3.8, 4) is 0 Å². The topological polar surface area (TPSA) is 38.7 Å². The molecule has 0 radical (unpaired) electrons. The summed E-state index contributed by atoms with van der Waals surface area (Å²) >= 11 is 0. The average molecular weight is 315 g/mol. The van der Waals surface area contributed by atoms with Crippen molar-refractivity contribution in [3.05, 3.63) is 35.4 Å². The summed E-state index contributed by atoms with van der Waals surface area (Å²) < 4.78 is 41.4. The maximum atomic E-state index is 12.3. The van der Waals surface area contributed by atoms with Crippen molar-refractivity contribution >= 4 is 12.2 Å². The Kier molecular flexibility index (Phi) is 5.05. The Balaban J connectivity index is 2.89. The zero-order chi connectivity index (χ0) is 17.2. The normalized spacial score (nSPS) is 13.5. The quantitative estimate of drug-likeness (QED) is 0.618. The first-order chi connectivity index (χ1) is 9.81. The van der Waals surface area contributed by atoms with Gasteiger partial charge in [0.2, 0.25) is 0 Å². The van der Waals surface area contributed by atoms with Gasteiger partial charge < -0.3 is 4.74 Å². The molecule has 1 aromatic rings. The van der Waals surface area contributed by atoms with Crippen LogP contribution in [0.15, 0.2) is 29.3 Å². The Hall–Kier alpha value is -1.85. The van der Waals surface area contributed by atoms with Crippen LogP contribution in [0, 0.1) is 0 Å². The summed E-state index contributed by atoms with van der Waals surface area (Å²) in [7, 11) is 0. The van der Waals surface area contributed by atoms with Gasteiger partial charge in [-0.1, -0.05) is 24.3 Å². The van der Waals surface area contributed by atoms with E-state index < -0.39 is 17.7 Å². The molecule has 0 amide bonds. The van der Waals surface area contributed by atoms with Crippen LogP contribution in [0.1, 0.15) is 45.7 Å². The minimum Gasteiger partial charge on any atom is -0.448 e. The molecule has 0 bridgehead atoms. The standard InChI is InChI=1S/C16H20F3NO2/c1-14(2,3)20-10-11-6-8-12(9-7-11)15(4,5)22-13(21)16(17,18)19/h6-10H,1-5H3. The van der Waals surface area contributed by atoms with E-state index in [1.165, 1.54) is 13.8 Å². The van der Waals surface area contributed by atoms with Crippen LogP contribution in [0.5, 0.6) is 0 Å². The minimum atomic E-state index is -5.00. The van der Waals surface area contributed by atoms with Gasteiger partial charge in [-0.15, -0.1) is 0 Å². The number of alkyl halides is 3. The van der Waals surface area contributed by atoms with Gasteiger partial charge in [-0.2, -0.15) is 13.2 Å². The lowest BCUT2D eigenvalue weighted by molar-refractivity contribution is -0.212. The van der Waals surface area contributed by atoms with Gasteiger partial charge in [0.15, 0.2) is 0 Å². The number of benzene rings is 1. The van der Waals surface area contributed by atoms with Crippen molar-refractivity contribution in [2.75, 3.05) is 0 Å². The summed E-state index contributed by atoms with van der Waals surface area (Å²) in [4.78, 5) is 15.3. The number of nitrogens with zero attached hydrogens (tertiary/aromatic N) is 1. The van der Waals surface area contributed by atoms with Crippen molar-refractivity contribution < 1.29 is 22.7 Å². The number of halogens is 3. The Morgan fingerprint density at radius 3 is 1.95 bits per heavy atom. The Labute approximate surface area is 128 Å². The first-order valence-electron chi connectivity index (χ1n) is 6.77. The number of aliphatic imine (C=N–C) groups is 1. The van der Waals surface area contributed by atoms with Crippen LogP contribution in [-0.2, 0) is 15.1 Å². The highest BCUT2D eigenvalue weighted by atomic mass is 19.4. The maximum absolute atomic E-state index is 12.3. The molecular weight excluding hydrogens is 295 g/mol. The van der Waals surface area contributed by atoms with Gasteiger partial charge in [-0.25, -0.2) is 4.79 Å². The molecule has 0 atom stereocenters. The van der Waals surface area contributed by atoms with Crippen LogP contribution in [0.3, 0.4) is 0 Å². The number of esters is 1. The first-order valence-corrected chi connectivity index (χ1v) is 6.77. The molecule has 122 valence electrons. The molecule has 22 heavy (non-hydrogen) atoms. The van der Waals surface area contributed by atoms with E-state index in [0.717, 1.165) is 5.56 Å². The van der Waals surface area contributed by atoms with Gasteiger partial charge >= 0.3 is 12.1 Å². The van der Waals surface area contributed by atoms with Crippen molar-refractivity contribution in [2.45, 2.75) is 51.9 Å². The second-order valence-corrected chi connectivity index (χ2v) is 6.45. The summed E-state index contributed by atoms with van der Waals surface area (Å²) in [5, 5.41) is 0. The molecule has 0 saturated heterocycles. The molecule has 0 N–H and O–H groups in total. The SMILES string of the molecule is CC(C)(C)N=Cc1ccc(C(C)(C)OC(=O)C(F)(F)F)cc1. The molecule has 0 aliphatic carbocycles. The van der Waals surface area contributed by atoms with Crippen molar-refractivity contribution in [1.82, 2.24) is 0 Å². The summed E-state index contributed by atoms with van der Waals surface area (Å²) in [6.07, 6.45) is -3.31. The molecule has 6 heteroatoms. The van der Waals surface area contributed by atoms with Crippen LogP contribution in [0.25, 0.3) is 0 Å². The monoisotopic (exact) mass is 315 g/mol. The predicted octanol–water partition coefficient (Wildman–Crippen LogP) is 4.24. The molecule has 1 aromatic carbocycles. The highest BCUT2D eigenvalue weighted by Crippen LogP contribution is 2.29. The van der Waals surface area contributed by atoms with E-state index in [4.69, 9.17) is 0 Å². The molecule has 0 spiro atoms. The zero-order valence-electron chi connectivity index (χ0n) is 13.3. The smallest absolute Gasteiger partial charge is 0.448 e.